The van der Waals surface area contributed by atoms with Crippen LogP contribution in [0.3, 0.4) is 0 Å². The van der Waals surface area contributed by atoms with Gasteiger partial charge in [-0.15, -0.1) is 0 Å². The Morgan fingerprint density at radius 2 is 2.00 bits per heavy atom. The molecule has 0 saturated carbocycles. The third-order valence-electron chi connectivity index (χ3n) is 3.33. The minimum Gasteiger partial charge on any atom is -0.365 e. The molecule has 2 aromatic heterocycles. The SMILES string of the molecule is Cc1ccncc1CNc1nc(NN)nc2ccccc12. The Morgan fingerprint density at radius 1 is 1.14 bits per heavy atom. The lowest BCUT2D eigenvalue weighted by Gasteiger charge is -2.11. The quantitative estimate of drug-likeness (QED) is 0.501. The van der Waals surface area contributed by atoms with Crippen molar-refractivity contribution in [2.75, 3.05) is 10.7 Å². The number of hydrogen-bond acceptors (Lipinski definition) is 6. The summed E-state index contributed by atoms with van der Waals surface area (Å²) in [4.78, 5) is 12.9. The highest BCUT2D eigenvalue weighted by molar-refractivity contribution is 5.89. The van der Waals surface area contributed by atoms with E-state index in [0.29, 0.717) is 12.5 Å². The summed E-state index contributed by atoms with van der Waals surface area (Å²) in [6, 6.07) is 9.79. The predicted octanol–water partition coefficient (Wildman–Crippen LogP) is 2.23. The molecule has 0 amide bonds. The lowest BCUT2D eigenvalue weighted by atomic mass is 10.1. The lowest BCUT2D eigenvalue weighted by Crippen LogP contribution is -2.12. The average Bonchev–Trinajstić information content (AvgIpc) is 2.53. The van der Waals surface area contributed by atoms with Crippen LogP contribution in [0.1, 0.15) is 11.1 Å². The van der Waals surface area contributed by atoms with Crippen molar-refractivity contribution in [3.8, 4) is 0 Å². The Hall–Kier alpha value is -2.73. The molecule has 6 heteroatoms. The van der Waals surface area contributed by atoms with Gasteiger partial charge in [0.1, 0.15) is 5.82 Å². The van der Waals surface area contributed by atoms with Gasteiger partial charge in [-0.25, -0.2) is 10.8 Å². The first-order valence-corrected chi connectivity index (χ1v) is 6.64. The number of aromatic nitrogens is 3. The number of hydrazine groups is 1. The predicted molar refractivity (Wildman–Crippen MR) is 83.6 cm³/mol. The summed E-state index contributed by atoms with van der Waals surface area (Å²) in [5.41, 5.74) is 5.65. The molecule has 106 valence electrons. The Bertz CT molecular complexity index is 771. The number of nitrogens with zero attached hydrogens (tertiary/aromatic N) is 3. The van der Waals surface area contributed by atoms with E-state index >= 15 is 0 Å². The van der Waals surface area contributed by atoms with Gasteiger partial charge in [0.15, 0.2) is 0 Å². The first-order valence-electron chi connectivity index (χ1n) is 6.64. The van der Waals surface area contributed by atoms with Crippen molar-refractivity contribution in [3.05, 3.63) is 53.9 Å². The lowest BCUT2D eigenvalue weighted by molar-refractivity contribution is 1.05. The fraction of sp³-hybridized carbons (Fsp3) is 0.133. The summed E-state index contributed by atoms with van der Waals surface area (Å²) < 4.78 is 0. The van der Waals surface area contributed by atoms with Gasteiger partial charge >= 0.3 is 0 Å². The molecule has 0 aliphatic heterocycles. The van der Waals surface area contributed by atoms with E-state index < -0.39 is 0 Å². The number of anilines is 2. The van der Waals surface area contributed by atoms with Crippen molar-refractivity contribution in [2.24, 2.45) is 5.84 Å². The molecular weight excluding hydrogens is 264 g/mol. The summed E-state index contributed by atoms with van der Waals surface area (Å²) in [7, 11) is 0. The van der Waals surface area contributed by atoms with E-state index in [1.54, 1.807) is 6.20 Å². The van der Waals surface area contributed by atoms with Gasteiger partial charge in [-0.1, -0.05) is 12.1 Å². The fourth-order valence-corrected chi connectivity index (χ4v) is 2.14. The van der Waals surface area contributed by atoms with Crippen molar-refractivity contribution >= 4 is 22.7 Å². The molecule has 6 nitrogen and oxygen atoms in total. The standard InChI is InChI=1S/C15H16N6/c1-10-6-7-17-8-11(10)9-18-14-12-4-2-3-5-13(12)19-15(20-14)21-16/h2-8H,9,16H2,1H3,(H2,18,19,20,21). The summed E-state index contributed by atoms with van der Waals surface area (Å²) in [5, 5.41) is 4.29. The number of nitrogen functional groups attached to an aromatic ring is 1. The maximum absolute atomic E-state index is 5.43. The van der Waals surface area contributed by atoms with Gasteiger partial charge in [0.05, 0.1) is 5.52 Å². The molecule has 21 heavy (non-hydrogen) atoms. The number of nitrogens with one attached hydrogen (secondary N) is 2. The minimum atomic E-state index is 0.388. The van der Waals surface area contributed by atoms with Crippen LogP contribution in [0, 0.1) is 6.92 Å². The maximum atomic E-state index is 5.43. The molecule has 0 radical (unpaired) electrons. The molecule has 0 aliphatic carbocycles. The number of benzene rings is 1. The molecule has 2 heterocycles. The number of fused-ring (bicyclic) bond motifs is 1. The van der Waals surface area contributed by atoms with Crippen LogP contribution >= 0.6 is 0 Å². The van der Waals surface area contributed by atoms with Gasteiger partial charge in [0, 0.05) is 24.3 Å². The van der Waals surface area contributed by atoms with E-state index in [4.69, 9.17) is 5.84 Å². The highest BCUT2D eigenvalue weighted by atomic mass is 15.3. The van der Waals surface area contributed by atoms with Crippen molar-refractivity contribution in [2.45, 2.75) is 13.5 Å². The van der Waals surface area contributed by atoms with Crippen LogP contribution in [0.25, 0.3) is 10.9 Å². The summed E-state index contributed by atoms with van der Waals surface area (Å²) >= 11 is 0. The van der Waals surface area contributed by atoms with Crippen molar-refractivity contribution in [3.63, 3.8) is 0 Å². The zero-order valence-electron chi connectivity index (χ0n) is 11.7. The van der Waals surface area contributed by atoms with Crippen LogP contribution < -0.4 is 16.6 Å². The number of hydrogen-bond donors (Lipinski definition) is 3. The van der Waals surface area contributed by atoms with Crippen molar-refractivity contribution < 1.29 is 0 Å². The topological polar surface area (TPSA) is 88.8 Å². The van der Waals surface area contributed by atoms with Gasteiger partial charge in [-0.3, -0.25) is 10.4 Å². The number of para-hydroxylation sites is 1. The summed E-state index contributed by atoms with van der Waals surface area (Å²) in [6.07, 6.45) is 3.64. The van der Waals surface area contributed by atoms with Crippen LogP contribution in [0.2, 0.25) is 0 Å². The average molecular weight is 280 g/mol. The minimum absolute atomic E-state index is 0.388. The Balaban J connectivity index is 1.94. The fourth-order valence-electron chi connectivity index (χ4n) is 2.14. The van der Waals surface area contributed by atoms with Crippen LogP contribution in [-0.2, 0) is 6.54 Å². The highest BCUT2D eigenvalue weighted by Crippen LogP contribution is 2.22. The Labute approximate surface area is 122 Å². The molecule has 4 N–H and O–H groups in total. The first-order chi connectivity index (χ1) is 10.3. The smallest absolute Gasteiger partial charge is 0.239 e. The molecule has 0 atom stereocenters. The molecular formula is C15H16N6. The van der Waals surface area contributed by atoms with Gasteiger partial charge in [0.25, 0.3) is 0 Å². The van der Waals surface area contributed by atoms with E-state index in [1.807, 2.05) is 36.5 Å². The molecule has 0 saturated heterocycles. The van der Waals surface area contributed by atoms with Crippen LogP contribution in [0.15, 0.2) is 42.7 Å². The van der Waals surface area contributed by atoms with Gasteiger partial charge in [-0.05, 0) is 36.2 Å². The molecule has 3 rings (SSSR count). The monoisotopic (exact) mass is 280 g/mol. The second-order valence-electron chi connectivity index (χ2n) is 4.71. The van der Waals surface area contributed by atoms with E-state index in [2.05, 4.69) is 32.6 Å². The molecule has 0 unspecified atom stereocenters. The largest absolute Gasteiger partial charge is 0.365 e. The summed E-state index contributed by atoms with van der Waals surface area (Å²) in [6.45, 7) is 2.70. The highest BCUT2D eigenvalue weighted by Gasteiger charge is 2.07. The second kappa shape index (κ2) is 5.72. The molecule has 3 aromatic rings. The van der Waals surface area contributed by atoms with Crippen molar-refractivity contribution in [1.82, 2.24) is 15.0 Å². The normalized spacial score (nSPS) is 10.6. The molecule has 0 aliphatic rings. The number of rotatable bonds is 4. The molecule has 0 spiro atoms. The van der Waals surface area contributed by atoms with Crippen LogP contribution in [-0.4, -0.2) is 15.0 Å². The Morgan fingerprint density at radius 3 is 2.81 bits per heavy atom. The number of pyridine rings is 1. The van der Waals surface area contributed by atoms with E-state index in [1.165, 1.54) is 5.56 Å². The second-order valence-corrected chi connectivity index (χ2v) is 4.71. The molecule has 0 fully saturated rings. The third kappa shape index (κ3) is 2.75. The zero-order chi connectivity index (χ0) is 14.7. The Kier molecular flexibility index (Phi) is 3.61. The molecule has 1 aromatic carbocycles. The number of nitrogens with two attached hydrogens (primary N) is 1. The van der Waals surface area contributed by atoms with Crippen molar-refractivity contribution in [1.29, 1.82) is 0 Å². The maximum Gasteiger partial charge on any atom is 0.239 e. The third-order valence-corrected chi connectivity index (χ3v) is 3.33. The van der Waals surface area contributed by atoms with Gasteiger partial charge in [-0.2, -0.15) is 4.98 Å². The van der Waals surface area contributed by atoms with Crippen LogP contribution in [0.5, 0.6) is 0 Å². The van der Waals surface area contributed by atoms with E-state index in [-0.39, 0.29) is 0 Å². The summed E-state index contributed by atoms with van der Waals surface area (Å²) in [5.74, 6) is 6.56. The zero-order valence-corrected chi connectivity index (χ0v) is 11.7. The van der Waals surface area contributed by atoms with Gasteiger partial charge in [0.2, 0.25) is 5.95 Å². The first kappa shape index (κ1) is 13.3. The van der Waals surface area contributed by atoms with Crippen LogP contribution in [0.4, 0.5) is 11.8 Å². The van der Waals surface area contributed by atoms with E-state index in [0.717, 1.165) is 22.3 Å². The number of aryl methyl sites for hydroxylation is 1. The van der Waals surface area contributed by atoms with Gasteiger partial charge < -0.3 is 5.32 Å². The van der Waals surface area contributed by atoms with E-state index in [9.17, 15) is 0 Å². The molecule has 0 bridgehead atoms.